The van der Waals surface area contributed by atoms with Crippen LogP contribution in [0.15, 0.2) is 11.6 Å². The molecule has 0 aromatic carbocycles. The van der Waals surface area contributed by atoms with Crippen LogP contribution in [0, 0.1) is 53.3 Å². The number of carboxylic acids is 2. The van der Waals surface area contributed by atoms with Crippen molar-refractivity contribution in [2.45, 2.75) is 84.2 Å². The van der Waals surface area contributed by atoms with Crippen LogP contribution in [0.5, 0.6) is 0 Å². The molecule has 0 saturated heterocycles. The standard InChI is InChI=1S/C27H36O6/c1-3-4-9-18(2)14-15-23(28)27-22-16-19(10-5-7-12-25(30)31)20(21(22)17-24(27)29)11-6-8-13-26(32)33/h10,18,20-22,24,27,29H,5,7-9,12-17H2,1-2H3,(H,30,31)(H,32,33)/t18?,20?,21-,22?,24+,27-/m1/s1. The molecule has 0 amide bonds. The van der Waals surface area contributed by atoms with Gasteiger partial charge in [-0.2, -0.15) is 0 Å². The molecule has 33 heavy (non-hydrogen) atoms. The summed E-state index contributed by atoms with van der Waals surface area (Å²) >= 11 is 0. The third-order valence-corrected chi connectivity index (χ3v) is 6.84. The number of hydrogen-bond donors (Lipinski definition) is 3. The van der Waals surface area contributed by atoms with E-state index in [4.69, 9.17) is 10.2 Å². The van der Waals surface area contributed by atoms with Gasteiger partial charge in [-0.15, -0.1) is 17.8 Å². The largest absolute Gasteiger partial charge is 0.481 e. The SMILES string of the molecule is CC#CCC(C)CCC(=O)[C@H]1C2CC(=CCCCC(=O)O)C(C#CCCC(=O)O)[C@H]2C[C@@H]1O. The fraction of sp³-hybridized carbons (Fsp3) is 0.667. The molecule has 2 saturated carbocycles. The number of aliphatic hydroxyl groups excluding tert-OH is 1. The van der Waals surface area contributed by atoms with Gasteiger partial charge in [-0.05, 0) is 56.8 Å². The van der Waals surface area contributed by atoms with Gasteiger partial charge in [0.15, 0.2) is 0 Å². The van der Waals surface area contributed by atoms with Crippen LogP contribution in [0.3, 0.4) is 0 Å². The van der Waals surface area contributed by atoms with Crippen molar-refractivity contribution in [1.29, 1.82) is 0 Å². The number of carboxylic acid groups (broad SMARTS) is 2. The first-order valence-electron chi connectivity index (χ1n) is 12.0. The molecule has 0 bridgehead atoms. The van der Waals surface area contributed by atoms with E-state index < -0.39 is 24.0 Å². The molecule has 0 heterocycles. The van der Waals surface area contributed by atoms with E-state index in [-0.39, 0.29) is 42.8 Å². The first kappa shape index (κ1) is 26.7. The van der Waals surface area contributed by atoms with Crippen LogP contribution in [0.25, 0.3) is 0 Å². The molecule has 0 aliphatic heterocycles. The fourth-order valence-corrected chi connectivity index (χ4v) is 5.18. The highest BCUT2D eigenvalue weighted by molar-refractivity contribution is 5.82. The normalized spacial score (nSPS) is 27.7. The van der Waals surface area contributed by atoms with Gasteiger partial charge in [0.2, 0.25) is 0 Å². The second-order valence-electron chi connectivity index (χ2n) is 9.36. The Morgan fingerprint density at radius 2 is 1.82 bits per heavy atom. The third kappa shape index (κ3) is 8.06. The Kier molecular flexibility index (Phi) is 10.7. The summed E-state index contributed by atoms with van der Waals surface area (Å²) < 4.78 is 0. The Hall–Kier alpha value is -2.57. The molecule has 0 radical (unpaired) electrons. The number of aliphatic hydroxyl groups is 1. The lowest BCUT2D eigenvalue weighted by atomic mass is 9.84. The molecule has 3 N–H and O–H groups in total. The van der Waals surface area contributed by atoms with E-state index >= 15 is 0 Å². The molecule has 180 valence electrons. The first-order chi connectivity index (χ1) is 15.7. The quantitative estimate of drug-likeness (QED) is 0.245. The number of rotatable bonds is 11. The molecule has 0 aromatic heterocycles. The Labute approximate surface area is 196 Å². The van der Waals surface area contributed by atoms with E-state index in [9.17, 15) is 19.5 Å². The van der Waals surface area contributed by atoms with Crippen molar-refractivity contribution < 1.29 is 29.7 Å². The van der Waals surface area contributed by atoms with Crippen LogP contribution in [0.1, 0.15) is 78.1 Å². The summed E-state index contributed by atoms with van der Waals surface area (Å²) in [5.41, 5.74) is 1.11. The van der Waals surface area contributed by atoms with Gasteiger partial charge >= 0.3 is 11.9 Å². The zero-order valence-corrected chi connectivity index (χ0v) is 19.7. The number of ketones is 1. The minimum absolute atomic E-state index is 0.0181. The van der Waals surface area contributed by atoms with Crippen molar-refractivity contribution in [2.24, 2.45) is 29.6 Å². The van der Waals surface area contributed by atoms with E-state index in [2.05, 4.69) is 36.7 Å². The van der Waals surface area contributed by atoms with E-state index in [0.29, 0.717) is 38.0 Å². The molecule has 2 fully saturated rings. The van der Waals surface area contributed by atoms with Crippen LogP contribution in [-0.4, -0.2) is 39.1 Å². The molecular weight excluding hydrogens is 420 g/mol. The number of unbranched alkanes of at least 4 members (excludes halogenated alkanes) is 1. The summed E-state index contributed by atoms with van der Waals surface area (Å²) in [7, 11) is 0. The minimum Gasteiger partial charge on any atom is -0.481 e. The van der Waals surface area contributed by atoms with E-state index in [1.165, 1.54) is 0 Å². The van der Waals surface area contributed by atoms with Crippen molar-refractivity contribution in [3.63, 3.8) is 0 Å². The van der Waals surface area contributed by atoms with Crippen LogP contribution < -0.4 is 0 Å². The Morgan fingerprint density at radius 1 is 1.09 bits per heavy atom. The smallest absolute Gasteiger partial charge is 0.304 e. The summed E-state index contributed by atoms with van der Waals surface area (Å²) in [6.07, 6.45) is 6.05. The van der Waals surface area contributed by atoms with Crippen molar-refractivity contribution in [1.82, 2.24) is 0 Å². The maximum Gasteiger partial charge on any atom is 0.304 e. The second kappa shape index (κ2) is 13.2. The van der Waals surface area contributed by atoms with Gasteiger partial charge in [-0.3, -0.25) is 14.4 Å². The lowest BCUT2D eigenvalue weighted by molar-refractivity contribution is -0.138. The number of Topliss-reactive ketones (excluding diaryl/α,β-unsaturated/α-hetero) is 1. The maximum absolute atomic E-state index is 13.1. The summed E-state index contributed by atoms with van der Waals surface area (Å²) in [6.45, 7) is 3.89. The van der Waals surface area contributed by atoms with Gasteiger partial charge in [0.05, 0.1) is 12.5 Å². The van der Waals surface area contributed by atoms with Gasteiger partial charge in [0, 0.05) is 37.5 Å². The van der Waals surface area contributed by atoms with Crippen LogP contribution >= 0.6 is 0 Å². The molecule has 2 aliphatic carbocycles. The second-order valence-corrected chi connectivity index (χ2v) is 9.36. The highest BCUT2D eigenvalue weighted by Gasteiger charge is 2.52. The molecular formula is C27H36O6. The summed E-state index contributed by atoms with van der Waals surface area (Å²) in [4.78, 5) is 34.7. The molecule has 2 aliphatic rings. The average molecular weight is 457 g/mol. The first-order valence-corrected chi connectivity index (χ1v) is 12.0. The summed E-state index contributed by atoms with van der Waals surface area (Å²) in [5.74, 6) is 10.5. The van der Waals surface area contributed by atoms with E-state index in [1.807, 2.05) is 0 Å². The van der Waals surface area contributed by atoms with Gasteiger partial charge in [0.25, 0.3) is 0 Å². The van der Waals surface area contributed by atoms with Crippen molar-refractivity contribution in [3.8, 4) is 23.7 Å². The van der Waals surface area contributed by atoms with Crippen LogP contribution in [0.4, 0.5) is 0 Å². The number of allylic oxidation sites excluding steroid dienone is 2. The maximum atomic E-state index is 13.1. The lowest BCUT2D eigenvalue weighted by Gasteiger charge is -2.20. The van der Waals surface area contributed by atoms with E-state index in [0.717, 1.165) is 18.4 Å². The lowest BCUT2D eigenvalue weighted by Crippen LogP contribution is -2.28. The number of hydrogen-bond acceptors (Lipinski definition) is 4. The Balaban J connectivity index is 2.11. The number of carbonyl (C=O) groups is 3. The van der Waals surface area contributed by atoms with Gasteiger partial charge in [-0.25, -0.2) is 0 Å². The molecule has 3 unspecified atom stereocenters. The van der Waals surface area contributed by atoms with Crippen LogP contribution in [-0.2, 0) is 14.4 Å². The number of carbonyl (C=O) groups excluding carboxylic acids is 1. The van der Waals surface area contributed by atoms with Gasteiger partial charge < -0.3 is 15.3 Å². The highest BCUT2D eigenvalue weighted by Crippen LogP contribution is 2.53. The molecule has 6 heteroatoms. The Bertz CT molecular complexity index is 865. The monoisotopic (exact) mass is 456 g/mol. The minimum atomic E-state index is -0.890. The molecule has 6 nitrogen and oxygen atoms in total. The Morgan fingerprint density at radius 3 is 2.48 bits per heavy atom. The van der Waals surface area contributed by atoms with E-state index in [1.54, 1.807) is 6.92 Å². The average Bonchev–Trinajstić information content (AvgIpc) is 3.24. The van der Waals surface area contributed by atoms with Crippen molar-refractivity contribution in [2.75, 3.05) is 0 Å². The molecule has 6 atom stereocenters. The third-order valence-electron chi connectivity index (χ3n) is 6.84. The van der Waals surface area contributed by atoms with Gasteiger partial charge in [-0.1, -0.05) is 24.5 Å². The zero-order valence-electron chi connectivity index (χ0n) is 19.7. The topological polar surface area (TPSA) is 112 Å². The number of aliphatic carboxylic acids is 2. The number of fused-ring (bicyclic) bond motifs is 1. The predicted octanol–water partition coefficient (Wildman–Crippen LogP) is 4.07. The summed E-state index contributed by atoms with van der Waals surface area (Å²) in [6, 6.07) is 0. The molecule has 0 aromatic rings. The predicted molar refractivity (Wildman–Crippen MR) is 125 cm³/mol. The molecule has 2 rings (SSSR count). The van der Waals surface area contributed by atoms with Crippen LogP contribution in [0.2, 0.25) is 0 Å². The zero-order chi connectivity index (χ0) is 24.4. The van der Waals surface area contributed by atoms with Crippen molar-refractivity contribution in [3.05, 3.63) is 11.6 Å². The molecule has 0 spiro atoms. The van der Waals surface area contributed by atoms with Crippen molar-refractivity contribution >= 4 is 17.7 Å². The summed E-state index contributed by atoms with van der Waals surface area (Å²) in [5, 5.41) is 28.5. The van der Waals surface area contributed by atoms with Gasteiger partial charge in [0.1, 0.15) is 5.78 Å². The highest BCUT2D eigenvalue weighted by atomic mass is 16.4. The fourth-order valence-electron chi connectivity index (χ4n) is 5.18.